The van der Waals surface area contributed by atoms with Crippen LogP contribution in [0, 0.1) is 5.82 Å². The minimum Gasteiger partial charge on any atom is -0.326 e. The number of nitrogens with two attached hydrogens (primary N) is 1. The highest BCUT2D eigenvalue weighted by molar-refractivity contribution is 6.33. The molecule has 1 aromatic heterocycles. The quantitative estimate of drug-likeness (QED) is 0.931. The second-order valence-electron chi connectivity index (χ2n) is 4.07. The Morgan fingerprint density at radius 3 is 2.53 bits per heavy atom. The van der Waals surface area contributed by atoms with Gasteiger partial charge in [0.05, 0.1) is 5.02 Å². The molecule has 2 aromatic rings. The largest absolute Gasteiger partial charge is 0.326 e. The van der Waals surface area contributed by atoms with Crippen molar-refractivity contribution < 1.29 is 4.39 Å². The van der Waals surface area contributed by atoms with E-state index in [0.717, 1.165) is 11.3 Å². The predicted octanol–water partition coefficient (Wildman–Crippen LogP) is 3.49. The fourth-order valence-electron chi connectivity index (χ4n) is 1.86. The Labute approximate surface area is 116 Å². The lowest BCUT2D eigenvalue weighted by Crippen LogP contribution is -2.18. The van der Waals surface area contributed by atoms with Crippen LogP contribution in [0.15, 0.2) is 36.5 Å². The third kappa shape index (κ3) is 3.03. The van der Waals surface area contributed by atoms with Crippen LogP contribution in [0.4, 0.5) is 15.9 Å². The van der Waals surface area contributed by atoms with E-state index in [1.54, 1.807) is 24.4 Å². The van der Waals surface area contributed by atoms with Crippen molar-refractivity contribution in [3.05, 3.63) is 52.9 Å². The molecule has 100 valence electrons. The van der Waals surface area contributed by atoms with Gasteiger partial charge in [-0.2, -0.15) is 0 Å². The summed E-state index contributed by atoms with van der Waals surface area (Å²) >= 11 is 6.23. The molecule has 1 aromatic carbocycles. The summed E-state index contributed by atoms with van der Waals surface area (Å²) in [5.74, 6) is 0.380. The highest BCUT2D eigenvalue weighted by Gasteiger charge is 2.13. The second-order valence-corrected chi connectivity index (χ2v) is 4.48. The van der Waals surface area contributed by atoms with Crippen molar-refractivity contribution in [3.63, 3.8) is 0 Å². The number of pyridine rings is 1. The van der Waals surface area contributed by atoms with Gasteiger partial charge in [-0.05, 0) is 42.8 Å². The number of aromatic nitrogens is 1. The van der Waals surface area contributed by atoms with Crippen LogP contribution >= 0.6 is 11.6 Å². The minimum atomic E-state index is -0.266. The molecule has 0 bridgehead atoms. The number of rotatable bonds is 4. The van der Waals surface area contributed by atoms with Gasteiger partial charge < -0.3 is 10.6 Å². The summed E-state index contributed by atoms with van der Waals surface area (Å²) in [7, 11) is 0. The smallest absolute Gasteiger partial charge is 0.151 e. The number of anilines is 2. The number of halogens is 2. The molecule has 0 fully saturated rings. The second kappa shape index (κ2) is 5.99. The molecule has 0 saturated carbocycles. The summed E-state index contributed by atoms with van der Waals surface area (Å²) in [5.41, 5.74) is 7.28. The molecule has 1 heterocycles. The highest BCUT2D eigenvalue weighted by atomic mass is 35.5. The molecule has 0 radical (unpaired) electrons. The van der Waals surface area contributed by atoms with Crippen LogP contribution in [0.25, 0.3) is 0 Å². The van der Waals surface area contributed by atoms with E-state index in [9.17, 15) is 4.39 Å². The lowest BCUT2D eigenvalue weighted by atomic mass is 10.2. The van der Waals surface area contributed by atoms with Crippen molar-refractivity contribution in [2.45, 2.75) is 13.5 Å². The topological polar surface area (TPSA) is 42.2 Å². The van der Waals surface area contributed by atoms with Crippen LogP contribution in [0.1, 0.15) is 12.5 Å². The molecule has 19 heavy (non-hydrogen) atoms. The van der Waals surface area contributed by atoms with E-state index in [1.165, 1.54) is 12.1 Å². The molecular weight excluding hydrogens is 265 g/mol. The third-order valence-corrected chi connectivity index (χ3v) is 3.10. The molecule has 0 spiro atoms. The fraction of sp³-hybridized carbons (Fsp3) is 0.214. The van der Waals surface area contributed by atoms with Gasteiger partial charge in [0, 0.05) is 25.0 Å². The maximum Gasteiger partial charge on any atom is 0.151 e. The Hall–Kier alpha value is -1.65. The van der Waals surface area contributed by atoms with Gasteiger partial charge in [0.2, 0.25) is 0 Å². The van der Waals surface area contributed by atoms with E-state index < -0.39 is 0 Å². The van der Waals surface area contributed by atoms with Crippen LogP contribution in [0.5, 0.6) is 0 Å². The molecule has 0 saturated heterocycles. The molecule has 3 nitrogen and oxygen atoms in total. The Bertz CT molecular complexity index is 557. The first-order chi connectivity index (χ1) is 9.15. The molecule has 0 aliphatic carbocycles. The van der Waals surface area contributed by atoms with Gasteiger partial charge >= 0.3 is 0 Å². The first-order valence-corrected chi connectivity index (χ1v) is 6.41. The standard InChI is InChI=1S/C14H15ClFN3/c1-2-19(12-5-3-11(16)4-6-12)14-13(15)7-10(8-17)9-18-14/h3-7,9H,2,8,17H2,1H3. The summed E-state index contributed by atoms with van der Waals surface area (Å²) in [6.07, 6.45) is 1.70. The van der Waals surface area contributed by atoms with Crippen LogP contribution in [-0.4, -0.2) is 11.5 Å². The number of nitrogens with zero attached hydrogens (tertiary/aromatic N) is 2. The van der Waals surface area contributed by atoms with Crippen LogP contribution < -0.4 is 10.6 Å². The minimum absolute atomic E-state index is 0.266. The van der Waals surface area contributed by atoms with Gasteiger partial charge in [-0.3, -0.25) is 0 Å². The Balaban J connectivity index is 2.39. The van der Waals surface area contributed by atoms with Crippen molar-refractivity contribution in [2.75, 3.05) is 11.4 Å². The Morgan fingerprint density at radius 1 is 1.32 bits per heavy atom. The third-order valence-electron chi connectivity index (χ3n) is 2.82. The zero-order valence-corrected chi connectivity index (χ0v) is 11.4. The molecule has 5 heteroatoms. The van der Waals surface area contributed by atoms with Gasteiger partial charge in [-0.25, -0.2) is 9.37 Å². The lowest BCUT2D eigenvalue weighted by molar-refractivity contribution is 0.628. The first-order valence-electron chi connectivity index (χ1n) is 6.03. The molecule has 0 aliphatic heterocycles. The molecular formula is C14H15ClFN3. The maximum atomic E-state index is 13.0. The predicted molar refractivity (Wildman–Crippen MR) is 76.2 cm³/mol. The lowest BCUT2D eigenvalue weighted by Gasteiger charge is -2.23. The highest BCUT2D eigenvalue weighted by Crippen LogP contribution is 2.30. The maximum absolute atomic E-state index is 13.0. The number of hydrogen-bond donors (Lipinski definition) is 1. The van der Waals surface area contributed by atoms with Crippen molar-refractivity contribution in [1.82, 2.24) is 4.98 Å². The molecule has 0 amide bonds. The van der Waals surface area contributed by atoms with Crippen molar-refractivity contribution in [2.24, 2.45) is 5.73 Å². The summed E-state index contributed by atoms with van der Waals surface area (Å²) in [4.78, 5) is 6.26. The van der Waals surface area contributed by atoms with Crippen LogP contribution in [0.2, 0.25) is 5.02 Å². The molecule has 2 N–H and O–H groups in total. The summed E-state index contributed by atoms with van der Waals surface area (Å²) in [6.45, 7) is 3.06. The number of benzene rings is 1. The molecule has 0 unspecified atom stereocenters. The van der Waals surface area contributed by atoms with E-state index in [2.05, 4.69) is 4.98 Å². The van der Waals surface area contributed by atoms with Gasteiger partial charge in [0.1, 0.15) is 5.82 Å². The molecule has 0 aliphatic rings. The van der Waals surface area contributed by atoms with E-state index >= 15 is 0 Å². The van der Waals surface area contributed by atoms with Crippen molar-refractivity contribution >= 4 is 23.1 Å². The fourth-order valence-corrected chi connectivity index (χ4v) is 2.15. The number of hydrogen-bond acceptors (Lipinski definition) is 3. The van der Waals surface area contributed by atoms with Crippen molar-refractivity contribution in [1.29, 1.82) is 0 Å². The van der Waals surface area contributed by atoms with Gasteiger partial charge in [-0.15, -0.1) is 0 Å². The zero-order chi connectivity index (χ0) is 13.8. The summed E-state index contributed by atoms with van der Waals surface area (Å²) in [5, 5.41) is 0.536. The van der Waals surface area contributed by atoms with Crippen molar-refractivity contribution in [3.8, 4) is 0 Å². The average molecular weight is 280 g/mol. The van der Waals surface area contributed by atoms with E-state index in [0.29, 0.717) is 23.9 Å². The van der Waals surface area contributed by atoms with Gasteiger partial charge in [0.15, 0.2) is 5.82 Å². The summed E-state index contributed by atoms with van der Waals surface area (Å²) in [6, 6.07) is 8.04. The van der Waals surface area contributed by atoms with E-state index in [-0.39, 0.29) is 5.82 Å². The Morgan fingerprint density at radius 2 is 2.00 bits per heavy atom. The first kappa shape index (κ1) is 13.8. The summed E-state index contributed by atoms with van der Waals surface area (Å²) < 4.78 is 13.0. The molecule has 2 rings (SSSR count). The van der Waals surface area contributed by atoms with Crippen LogP contribution in [-0.2, 0) is 6.54 Å². The molecule has 0 atom stereocenters. The average Bonchev–Trinajstić information content (AvgIpc) is 2.43. The van der Waals surface area contributed by atoms with Crippen LogP contribution in [0.3, 0.4) is 0 Å². The Kier molecular flexibility index (Phi) is 4.35. The van der Waals surface area contributed by atoms with Gasteiger partial charge in [-0.1, -0.05) is 11.6 Å². The van der Waals surface area contributed by atoms with E-state index in [4.69, 9.17) is 17.3 Å². The monoisotopic (exact) mass is 279 g/mol. The van der Waals surface area contributed by atoms with E-state index in [1.807, 2.05) is 11.8 Å². The normalized spacial score (nSPS) is 10.5. The SMILES string of the molecule is CCN(c1ccc(F)cc1)c1ncc(CN)cc1Cl. The van der Waals surface area contributed by atoms with Gasteiger partial charge in [0.25, 0.3) is 0 Å². The zero-order valence-electron chi connectivity index (χ0n) is 10.6.